The molecule has 0 saturated heterocycles. The molecule has 0 spiro atoms. The second-order valence-corrected chi connectivity index (χ2v) is 7.17. The summed E-state index contributed by atoms with van der Waals surface area (Å²) >= 11 is 0. The summed E-state index contributed by atoms with van der Waals surface area (Å²) in [5.41, 5.74) is 0.00532. The van der Waals surface area contributed by atoms with Gasteiger partial charge in [0.2, 0.25) is 0 Å². The molecule has 32 heavy (non-hydrogen) atoms. The van der Waals surface area contributed by atoms with Crippen LogP contribution < -0.4 is 0 Å². The van der Waals surface area contributed by atoms with Gasteiger partial charge in [-0.05, 0) is 0 Å². The standard InChI is InChI=1S/C22H20N2O8/c1-31-21(25)19-15(13-7-3-5-9-17(13)23(27)28)11-12-16(20(19)22(26)32-2)14-8-4-6-10-18(14)24(29)30/h3-12,15-16,19-20H,1-2H3/t15-,16-,19+,20+/m1/s1. The maximum absolute atomic E-state index is 12.9. The average molecular weight is 440 g/mol. The van der Waals surface area contributed by atoms with Crippen LogP contribution in [0.15, 0.2) is 60.7 Å². The molecule has 2 aromatic rings. The van der Waals surface area contributed by atoms with Gasteiger partial charge in [0.15, 0.2) is 0 Å². The van der Waals surface area contributed by atoms with Gasteiger partial charge in [0.05, 0.1) is 35.9 Å². The molecule has 2 aromatic carbocycles. The highest BCUT2D eigenvalue weighted by molar-refractivity contribution is 5.85. The minimum absolute atomic E-state index is 0.219. The first-order chi connectivity index (χ1) is 15.3. The van der Waals surface area contributed by atoms with E-state index in [0.717, 1.165) is 14.2 Å². The molecule has 0 fully saturated rings. The Morgan fingerprint density at radius 1 is 0.719 bits per heavy atom. The van der Waals surface area contributed by atoms with Crippen LogP contribution in [0, 0.1) is 32.1 Å². The number of methoxy groups -OCH3 is 2. The third-order valence-electron chi connectivity index (χ3n) is 5.62. The van der Waals surface area contributed by atoms with Crippen LogP contribution in [0.1, 0.15) is 23.0 Å². The van der Waals surface area contributed by atoms with Crippen LogP contribution in [0.4, 0.5) is 11.4 Å². The lowest BCUT2D eigenvalue weighted by Gasteiger charge is -2.36. The van der Waals surface area contributed by atoms with Crippen molar-refractivity contribution in [1.82, 2.24) is 0 Å². The van der Waals surface area contributed by atoms with E-state index in [2.05, 4.69) is 0 Å². The third kappa shape index (κ3) is 4.07. The van der Waals surface area contributed by atoms with E-state index in [1.165, 1.54) is 36.4 Å². The number of hydrogen-bond donors (Lipinski definition) is 0. The highest BCUT2D eigenvalue weighted by Crippen LogP contribution is 2.48. The van der Waals surface area contributed by atoms with Gasteiger partial charge in [-0.2, -0.15) is 0 Å². The second-order valence-electron chi connectivity index (χ2n) is 7.17. The van der Waals surface area contributed by atoms with Crippen LogP contribution in [-0.4, -0.2) is 36.0 Å². The molecule has 0 unspecified atom stereocenters. The van der Waals surface area contributed by atoms with E-state index in [1.54, 1.807) is 24.3 Å². The second kappa shape index (κ2) is 9.38. The molecule has 0 heterocycles. The van der Waals surface area contributed by atoms with Crippen LogP contribution >= 0.6 is 0 Å². The molecular weight excluding hydrogens is 420 g/mol. The first kappa shape index (κ1) is 22.6. The van der Waals surface area contributed by atoms with E-state index < -0.39 is 45.5 Å². The number of carbonyl (C=O) groups excluding carboxylic acids is 2. The van der Waals surface area contributed by atoms with Crippen molar-refractivity contribution in [3.05, 3.63) is 92.0 Å². The van der Waals surface area contributed by atoms with Gasteiger partial charge in [0.25, 0.3) is 11.4 Å². The Bertz CT molecular complexity index is 1010. The van der Waals surface area contributed by atoms with Gasteiger partial charge in [-0.25, -0.2) is 0 Å². The molecule has 0 amide bonds. The van der Waals surface area contributed by atoms with E-state index >= 15 is 0 Å². The zero-order valence-electron chi connectivity index (χ0n) is 17.2. The lowest BCUT2D eigenvalue weighted by atomic mass is 9.66. The Morgan fingerprint density at radius 2 is 1.06 bits per heavy atom. The van der Waals surface area contributed by atoms with Crippen molar-refractivity contribution in [3.8, 4) is 0 Å². The predicted octanol–water partition coefficient (Wildman–Crippen LogP) is 3.52. The molecule has 0 N–H and O–H groups in total. The number of allylic oxidation sites excluding steroid dienone is 2. The Labute approximate surface area is 182 Å². The Kier molecular flexibility index (Phi) is 6.62. The van der Waals surface area contributed by atoms with Crippen LogP contribution in [0.2, 0.25) is 0 Å². The molecule has 4 atom stereocenters. The number of nitrogens with zero attached hydrogens (tertiary/aromatic N) is 2. The van der Waals surface area contributed by atoms with E-state index in [-0.39, 0.29) is 22.5 Å². The van der Waals surface area contributed by atoms with E-state index in [0.29, 0.717) is 0 Å². The highest BCUT2D eigenvalue weighted by Gasteiger charge is 2.49. The number of hydrogen-bond acceptors (Lipinski definition) is 8. The average Bonchev–Trinajstić information content (AvgIpc) is 2.81. The first-order valence-electron chi connectivity index (χ1n) is 9.62. The fraction of sp³-hybridized carbons (Fsp3) is 0.273. The van der Waals surface area contributed by atoms with Gasteiger partial charge in [-0.1, -0.05) is 48.6 Å². The van der Waals surface area contributed by atoms with Crippen molar-refractivity contribution in [2.24, 2.45) is 11.8 Å². The monoisotopic (exact) mass is 440 g/mol. The maximum atomic E-state index is 12.9. The summed E-state index contributed by atoms with van der Waals surface area (Å²) in [7, 11) is 2.29. The molecule has 1 aliphatic rings. The molecule has 1 aliphatic carbocycles. The number of rotatable bonds is 6. The zero-order valence-corrected chi connectivity index (χ0v) is 17.2. The van der Waals surface area contributed by atoms with Crippen molar-refractivity contribution in [2.75, 3.05) is 14.2 Å². The number of nitro groups is 2. The zero-order chi connectivity index (χ0) is 23.4. The minimum Gasteiger partial charge on any atom is -0.469 e. The number of ether oxygens (including phenoxy) is 2. The van der Waals surface area contributed by atoms with Crippen molar-refractivity contribution in [1.29, 1.82) is 0 Å². The van der Waals surface area contributed by atoms with Crippen LogP contribution in [0.3, 0.4) is 0 Å². The SMILES string of the molecule is COC(=O)[C@@H]1[C@@H](C(=O)OC)[C@@H](c2ccccc2[N+](=O)[O-])C=C[C@@H]1c1ccccc1[N+](=O)[O-]. The topological polar surface area (TPSA) is 139 Å². The number of carbonyl (C=O) groups is 2. The molecule has 0 saturated carbocycles. The van der Waals surface area contributed by atoms with Crippen molar-refractivity contribution in [2.45, 2.75) is 11.8 Å². The van der Waals surface area contributed by atoms with Crippen LogP contribution in [0.25, 0.3) is 0 Å². The van der Waals surface area contributed by atoms with Gasteiger partial charge in [-0.15, -0.1) is 0 Å². The van der Waals surface area contributed by atoms with Gasteiger partial charge >= 0.3 is 11.9 Å². The molecule has 10 heteroatoms. The van der Waals surface area contributed by atoms with Crippen molar-refractivity contribution >= 4 is 23.3 Å². The summed E-state index contributed by atoms with van der Waals surface area (Å²) in [6, 6.07) is 11.8. The predicted molar refractivity (Wildman–Crippen MR) is 112 cm³/mol. The van der Waals surface area contributed by atoms with E-state index in [1.807, 2.05) is 0 Å². The summed E-state index contributed by atoms with van der Waals surface area (Å²) in [6.07, 6.45) is 3.12. The Balaban J connectivity index is 2.25. The number of benzene rings is 2. The molecule has 166 valence electrons. The Hall–Kier alpha value is -4.08. The summed E-state index contributed by atoms with van der Waals surface area (Å²) in [4.78, 5) is 47.8. The summed E-state index contributed by atoms with van der Waals surface area (Å²) in [6.45, 7) is 0. The molecule has 0 bridgehead atoms. The number of esters is 2. The van der Waals surface area contributed by atoms with Gasteiger partial charge in [-0.3, -0.25) is 29.8 Å². The van der Waals surface area contributed by atoms with E-state index in [4.69, 9.17) is 9.47 Å². The smallest absolute Gasteiger partial charge is 0.310 e. The van der Waals surface area contributed by atoms with Gasteiger partial charge in [0.1, 0.15) is 0 Å². The molecule has 10 nitrogen and oxygen atoms in total. The minimum atomic E-state index is -1.21. The summed E-state index contributed by atoms with van der Waals surface area (Å²) in [5.74, 6) is -5.74. The quantitative estimate of drug-likeness (QED) is 0.288. The molecular formula is C22H20N2O8. The van der Waals surface area contributed by atoms with Crippen LogP contribution in [0.5, 0.6) is 0 Å². The van der Waals surface area contributed by atoms with Crippen LogP contribution in [-0.2, 0) is 19.1 Å². The normalized spacial score (nSPS) is 22.1. The lowest BCUT2D eigenvalue weighted by Crippen LogP contribution is -2.41. The van der Waals surface area contributed by atoms with Gasteiger partial charge in [0, 0.05) is 35.1 Å². The number of nitro benzene ring substituents is 2. The molecule has 3 rings (SSSR count). The fourth-order valence-electron chi connectivity index (χ4n) is 4.25. The largest absolute Gasteiger partial charge is 0.469 e. The summed E-state index contributed by atoms with van der Waals surface area (Å²) < 4.78 is 9.89. The maximum Gasteiger partial charge on any atom is 0.310 e. The fourth-order valence-corrected chi connectivity index (χ4v) is 4.25. The molecule has 0 aliphatic heterocycles. The number of para-hydroxylation sites is 2. The summed E-state index contributed by atoms with van der Waals surface area (Å²) in [5, 5.41) is 23.2. The van der Waals surface area contributed by atoms with Crippen molar-refractivity contribution < 1.29 is 28.9 Å². The third-order valence-corrected chi connectivity index (χ3v) is 5.62. The van der Waals surface area contributed by atoms with Crippen molar-refractivity contribution in [3.63, 3.8) is 0 Å². The van der Waals surface area contributed by atoms with Gasteiger partial charge < -0.3 is 9.47 Å². The first-order valence-corrected chi connectivity index (χ1v) is 9.62. The lowest BCUT2D eigenvalue weighted by molar-refractivity contribution is -0.386. The molecule has 0 aromatic heterocycles. The highest BCUT2D eigenvalue weighted by atomic mass is 16.6. The molecule has 0 radical (unpaired) electrons. The Morgan fingerprint density at radius 3 is 1.38 bits per heavy atom. The van der Waals surface area contributed by atoms with E-state index in [9.17, 15) is 29.8 Å².